The number of phenolic OH excluding ortho intramolecular Hbond substituents is 1. The summed E-state index contributed by atoms with van der Waals surface area (Å²) in [5.41, 5.74) is 1.05. The normalized spacial score (nSPS) is 17.0. The average molecular weight is 517 g/mol. The molecule has 192 valence electrons. The fourth-order valence-corrected chi connectivity index (χ4v) is 5.32. The van der Waals surface area contributed by atoms with Crippen molar-refractivity contribution in [3.63, 3.8) is 0 Å². The monoisotopic (exact) mass is 516 g/mol. The molecule has 1 heterocycles. The van der Waals surface area contributed by atoms with Crippen LogP contribution in [0.25, 0.3) is 0 Å². The second-order valence-electron chi connectivity index (χ2n) is 7.72. The Morgan fingerprint density at radius 1 is 1.21 bits per heavy atom. The van der Waals surface area contributed by atoms with Crippen LogP contribution in [0.5, 0.6) is 11.5 Å². The molecule has 10 heteroatoms. The van der Waals surface area contributed by atoms with Crippen molar-refractivity contribution >= 4 is 41.2 Å². The number of thioether (sulfide) groups is 2. The van der Waals surface area contributed by atoms with E-state index >= 15 is 0 Å². The topological polar surface area (TPSA) is 130 Å². The van der Waals surface area contributed by atoms with E-state index < -0.39 is 11.9 Å². The Bertz CT molecular complexity index is 799. The molecule has 34 heavy (non-hydrogen) atoms. The Balaban J connectivity index is 0.00000104. The minimum Gasteiger partial charge on any atom is -0.507 e. The Kier molecular flexibility index (Phi) is 14.8. The van der Waals surface area contributed by atoms with E-state index in [9.17, 15) is 19.5 Å². The summed E-state index contributed by atoms with van der Waals surface area (Å²) in [6.45, 7) is 5.62. The third-order valence-corrected chi connectivity index (χ3v) is 7.29. The van der Waals surface area contributed by atoms with Gasteiger partial charge in [-0.25, -0.2) is 0 Å². The molecule has 1 aliphatic rings. The first-order valence-electron chi connectivity index (χ1n) is 11.5. The molecule has 0 saturated carbocycles. The summed E-state index contributed by atoms with van der Waals surface area (Å²) in [7, 11) is 0. The van der Waals surface area contributed by atoms with E-state index in [1.807, 2.05) is 18.7 Å². The highest BCUT2D eigenvalue weighted by Gasteiger charge is 2.26. The molecule has 0 amide bonds. The van der Waals surface area contributed by atoms with Crippen LogP contribution in [-0.2, 0) is 20.7 Å². The lowest BCUT2D eigenvalue weighted by Gasteiger charge is -2.15. The maximum atomic E-state index is 11.6. The maximum Gasteiger partial charge on any atom is 0.303 e. The van der Waals surface area contributed by atoms with Gasteiger partial charge >= 0.3 is 11.9 Å². The van der Waals surface area contributed by atoms with Crippen molar-refractivity contribution in [2.75, 3.05) is 23.9 Å². The van der Waals surface area contributed by atoms with Crippen LogP contribution >= 0.6 is 23.5 Å². The molecule has 1 saturated heterocycles. The highest BCUT2D eigenvalue weighted by molar-refractivity contribution is 8.00. The molecule has 0 spiro atoms. The lowest BCUT2D eigenvalue weighted by Crippen LogP contribution is -2.16. The number of rotatable bonds is 14. The van der Waals surface area contributed by atoms with Gasteiger partial charge in [-0.2, -0.15) is 11.8 Å². The fraction of sp³-hybridized carbons (Fsp3) is 0.625. The van der Waals surface area contributed by atoms with Crippen molar-refractivity contribution in [1.29, 1.82) is 0 Å². The van der Waals surface area contributed by atoms with Crippen LogP contribution in [-0.4, -0.2) is 68.4 Å². The second-order valence-corrected chi connectivity index (χ2v) is 10.1. The maximum absolute atomic E-state index is 11.6. The van der Waals surface area contributed by atoms with Crippen LogP contribution in [0.1, 0.15) is 68.8 Å². The van der Waals surface area contributed by atoms with E-state index in [0.29, 0.717) is 36.3 Å². The predicted octanol–water partition coefficient (Wildman–Crippen LogP) is 4.85. The van der Waals surface area contributed by atoms with Crippen molar-refractivity contribution in [3.8, 4) is 11.5 Å². The van der Waals surface area contributed by atoms with Gasteiger partial charge in [0.1, 0.15) is 16.9 Å². The van der Waals surface area contributed by atoms with Gasteiger partial charge in [-0.15, -0.1) is 11.8 Å². The van der Waals surface area contributed by atoms with E-state index in [1.54, 1.807) is 30.8 Å². The molecule has 1 aliphatic heterocycles. The molecular formula is C24H36O8S2. The highest BCUT2D eigenvalue weighted by atomic mass is 32.2. The second kappa shape index (κ2) is 16.7. The van der Waals surface area contributed by atoms with Crippen LogP contribution in [0.3, 0.4) is 0 Å². The number of aliphatic carboxylic acids is 2. The van der Waals surface area contributed by atoms with Gasteiger partial charge < -0.3 is 24.8 Å². The van der Waals surface area contributed by atoms with Crippen molar-refractivity contribution < 1.29 is 39.2 Å². The van der Waals surface area contributed by atoms with E-state index in [1.165, 1.54) is 6.92 Å². The Hall–Kier alpha value is -1.91. The van der Waals surface area contributed by atoms with Gasteiger partial charge in [0.15, 0.2) is 5.78 Å². The number of hydrogen-bond donors (Lipinski definition) is 3. The number of carbonyl (C=O) groups is 3. The first-order valence-corrected chi connectivity index (χ1v) is 13.7. The predicted molar refractivity (Wildman–Crippen MR) is 135 cm³/mol. The molecule has 2 unspecified atom stereocenters. The minimum absolute atomic E-state index is 0.00247. The first kappa shape index (κ1) is 30.1. The molecular weight excluding hydrogens is 480 g/mol. The van der Waals surface area contributed by atoms with Crippen molar-refractivity contribution in [2.45, 2.75) is 70.8 Å². The molecule has 0 bridgehead atoms. The quantitative estimate of drug-likeness (QED) is 0.233. The van der Waals surface area contributed by atoms with Crippen LogP contribution in [0.15, 0.2) is 12.1 Å². The van der Waals surface area contributed by atoms with E-state index in [4.69, 9.17) is 19.7 Å². The molecule has 2 atom stereocenters. The SMILES string of the molecule is CCC(=O)O.CCCc1c(OCCCSCC2CSC(CCC(=O)O)O2)ccc(C(C)=O)c1O. The number of carboxylic acids is 2. The number of phenols is 1. The van der Waals surface area contributed by atoms with Crippen LogP contribution < -0.4 is 4.74 Å². The molecule has 0 radical (unpaired) electrons. The number of aromatic hydroxyl groups is 1. The third-order valence-electron chi connectivity index (χ3n) is 4.82. The number of ether oxygens (including phenoxy) is 2. The number of hydrogen-bond acceptors (Lipinski definition) is 8. The molecule has 0 aromatic heterocycles. The zero-order chi connectivity index (χ0) is 25.5. The van der Waals surface area contributed by atoms with Gasteiger partial charge in [0, 0.05) is 29.9 Å². The van der Waals surface area contributed by atoms with Crippen molar-refractivity contribution in [3.05, 3.63) is 23.3 Å². The molecule has 2 rings (SSSR count). The average Bonchev–Trinajstić information content (AvgIpc) is 3.24. The van der Waals surface area contributed by atoms with E-state index in [0.717, 1.165) is 30.1 Å². The summed E-state index contributed by atoms with van der Waals surface area (Å²) in [4.78, 5) is 31.6. The summed E-state index contributed by atoms with van der Waals surface area (Å²) >= 11 is 3.50. The van der Waals surface area contributed by atoms with Crippen LogP contribution in [0.4, 0.5) is 0 Å². The highest BCUT2D eigenvalue weighted by Crippen LogP contribution is 2.33. The molecule has 1 fully saturated rings. The van der Waals surface area contributed by atoms with Gasteiger partial charge in [0.2, 0.25) is 0 Å². The third kappa shape index (κ3) is 11.5. The largest absolute Gasteiger partial charge is 0.507 e. The van der Waals surface area contributed by atoms with Crippen molar-refractivity contribution in [1.82, 2.24) is 0 Å². The lowest BCUT2D eigenvalue weighted by molar-refractivity contribution is -0.138. The molecule has 0 aliphatic carbocycles. The summed E-state index contributed by atoms with van der Waals surface area (Å²) in [5, 5.41) is 26.8. The van der Waals surface area contributed by atoms with Gasteiger partial charge in [-0.05, 0) is 44.1 Å². The Morgan fingerprint density at radius 3 is 2.50 bits per heavy atom. The zero-order valence-corrected chi connectivity index (χ0v) is 21.7. The number of benzene rings is 1. The summed E-state index contributed by atoms with van der Waals surface area (Å²) < 4.78 is 11.7. The summed E-state index contributed by atoms with van der Waals surface area (Å²) in [5.74, 6) is 1.76. The molecule has 3 N–H and O–H groups in total. The molecule has 1 aromatic rings. The summed E-state index contributed by atoms with van der Waals surface area (Å²) in [6, 6.07) is 3.40. The smallest absolute Gasteiger partial charge is 0.303 e. The molecule has 8 nitrogen and oxygen atoms in total. The first-order chi connectivity index (χ1) is 16.2. The fourth-order valence-electron chi connectivity index (χ4n) is 3.07. The lowest BCUT2D eigenvalue weighted by atomic mass is 10.0. The van der Waals surface area contributed by atoms with Crippen molar-refractivity contribution in [2.24, 2.45) is 0 Å². The van der Waals surface area contributed by atoms with E-state index in [-0.39, 0.29) is 35.9 Å². The van der Waals surface area contributed by atoms with E-state index in [2.05, 4.69) is 0 Å². The number of Topliss-reactive ketones (excluding diaryl/α,β-unsaturated/α-hetero) is 1. The van der Waals surface area contributed by atoms with Gasteiger partial charge in [0.05, 0.1) is 18.3 Å². The minimum atomic E-state index is -0.779. The van der Waals surface area contributed by atoms with Gasteiger partial charge in [-0.3, -0.25) is 14.4 Å². The Labute approximate surface area is 209 Å². The van der Waals surface area contributed by atoms with Gasteiger partial charge in [-0.1, -0.05) is 20.3 Å². The van der Waals surface area contributed by atoms with Gasteiger partial charge in [0.25, 0.3) is 0 Å². The Morgan fingerprint density at radius 2 is 1.91 bits per heavy atom. The number of carboxylic acid groups (broad SMARTS) is 2. The number of carbonyl (C=O) groups excluding carboxylic acids is 1. The standard InChI is InChI=1S/C21H30O6S2.C3H6O2/c1-3-5-17-18(7-6-16(14(2)22)21(17)25)26-10-4-11-28-12-15-13-29-20(27-15)9-8-19(23)24;1-2-3(4)5/h6-7,15,20,25H,3-5,8-13H2,1-2H3,(H,23,24);2H2,1H3,(H,4,5). The van der Waals surface area contributed by atoms with Crippen LogP contribution in [0.2, 0.25) is 0 Å². The number of ketones is 1. The molecule has 1 aromatic carbocycles. The zero-order valence-electron chi connectivity index (χ0n) is 20.1. The summed E-state index contributed by atoms with van der Waals surface area (Å²) in [6.07, 6.45) is 3.50. The van der Waals surface area contributed by atoms with Crippen LogP contribution in [0, 0.1) is 0 Å².